The summed E-state index contributed by atoms with van der Waals surface area (Å²) in [5, 5.41) is 3.10. The molecule has 148 valence electrons. The van der Waals surface area contributed by atoms with Gasteiger partial charge in [-0.25, -0.2) is 4.98 Å². The first kappa shape index (κ1) is 21.2. The van der Waals surface area contributed by atoms with Gasteiger partial charge in [-0.3, -0.25) is 14.5 Å². The second kappa shape index (κ2) is 8.91. The predicted octanol–water partition coefficient (Wildman–Crippen LogP) is 6.65. The van der Waals surface area contributed by atoms with E-state index in [9.17, 15) is 9.59 Å². The van der Waals surface area contributed by atoms with E-state index in [4.69, 9.17) is 23.2 Å². The number of hydrogen-bond acceptors (Lipinski definition) is 4. The van der Waals surface area contributed by atoms with Gasteiger partial charge < -0.3 is 0 Å². The Kier molecular flexibility index (Phi) is 6.52. The maximum absolute atomic E-state index is 12.4. The van der Waals surface area contributed by atoms with Crippen molar-refractivity contribution < 1.29 is 9.59 Å². The van der Waals surface area contributed by atoms with Crippen molar-refractivity contribution >= 4 is 63.1 Å². The molecule has 0 spiro atoms. The van der Waals surface area contributed by atoms with Crippen LogP contribution in [0.4, 0.5) is 10.8 Å². The quantitative estimate of drug-likeness (QED) is 0.327. The number of anilines is 2. The summed E-state index contributed by atoms with van der Waals surface area (Å²) in [7, 11) is 0. The van der Waals surface area contributed by atoms with E-state index in [1.54, 1.807) is 28.5 Å². The molecular weight excluding hydrogens is 427 g/mol. The fourth-order valence-electron chi connectivity index (χ4n) is 2.78. The Hall–Kier alpha value is -2.47. The summed E-state index contributed by atoms with van der Waals surface area (Å²) >= 11 is 13.3. The van der Waals surface area contributed by atoms with E-state index in [1.807, 2.05) is 32.0 Å². The van der Waals surface area contributed by atoms with E-state index < -0.39 is 0 Å². The van der Waals surface area contributed by atoms with Crippen molar-refractivity contribution in [3.05, 3.63) is 80.3 Å². The highest BCUT2D eigenvalue weighted by Crippen LogP contribution is 2.32. The maximum atomic E-state index is 12.4. The molecule has 0 aliphatic heterocycles. The predicted molar refractivity (Wildman–Crippen MR) is 121 cm³/mol. The van der Waals surface area contributed by atoms with Crippen LogP contribution in [0.3, 0.4) is 0 Å². The number of allylic oxidation sites excluding steroid dienone is 1. The number of benzene rings is 2. The molecule has 0 aliphatic carbocycles. The molecule has 0 fully saturated rings. The second-order valence-corrected chi connectivity index (χ2v) is 8.13. The third-order valence-corrected chi connectivity index (χ3v) is 5.83. The van der Waals surface area contributed by atoms with Crippen molar-refractivity contribution in [2.75, 3.05) is 4.90 Å². The molecular formula is C22H18Cl2N2O2S. The summed E-state index contributed by atoms with van der Waals surface area (Å²) in [5.74, 6) is -0.383. The highest BCUT2D eigenvalue weighted by molar-refractivity contribution is 7.14. The van der Waals surface area contributed by atoms with Gasteiger partial charge >= 0.3 is 0 Å². The number of rotatable bonds is 5. The fourth-order valence-corrected chi connectivity index (χ4v) is 4.13. The smallest absolute Gasteiger partial charge is 0.230 e. The summed E-state index contributed by atoms with van der Waals surface area (Å²) in [6.45, 7) is 5.48. The summed E-state index contributed by atoms with van der Waals surface area (Å²) in [4.78, 5) is 30.8. The van der Waals surface area contributed by atoms with Crippen LogP contribution < -0.4 is 4.90 Å². The summed E-state index contributed by atoms with van der Waals surface area (Å²) in [6.07, 6.45) is 3.01. The van der Waals surface area contributed by atoms with Gasteiger partial charge in [0.15, 0.2) is 10.9 Å². The fraction of sp³-hybridized carbons (Fsp3) is 0.136. The Morgan fingerprint density at radius 1 is 1.14 bits per heavy atom. The van der Waals surface area contributed by atoms with E-state index in [-0.39, 0.29) is 11.7 Å². The number of carbonyl (C=O) groups is 2. The van der Waals surface area contributed by atoms with Gasteiger partial charge in [0.05, 0.1) is 16.4 Å². The van der Waals surface area contributed by atoms with Crippen LogP contribution in [0.5, 0.6) is 0 Å². The number of ketones is 1. The average Bonchev–Trinajstić information content (AvgIpc) is 3.11. The van der Waals surface area contributed by atoms with Gasteiger partial charge in [0.1, 0.15) is 0 Å². The van der Waals surface area contributed by atoms with Crippen LogP contribution in [0.25, 0.3) is 6.08 Å². The van der Waals surface area contributed by atoms with Gasteiger partial charge in [0, 0.05) is 22.9 Å². The van der Waals surface area contributed by atoms with E-state index in [1.165, 1.54) is 30.4 Å². The zero-order valence-electron chi connectivity index (χ0n) is 16.1. The van der Waals surface area contributed by atoms with Crippen LogP contribution >= 0.6 is 34.5 Å². The Morgan fingerprint density at radius 3 is 2.59 bits per heavy atom. The van der Waals surface area contributed by atoms with Gasteiger partial charge in [-0.1, -0.05) is 35.3 Å². The molecule has 0 saturated carbocycles. The second-order valence-electron chi connectivity index (χ2n) is 6.45. The van der Waals surface area contributed by atoms with E-state index in [0.29, 0.717) is 26.4 Å². The number of aromatic nitrogens is 1. The lowest BCUT2D eigenvalue weighted by atomic mass is 10.1. The van der Waals surface area contributed by atoms with Crippen LogP contribution in [0.2, 0.25) is 10.0 Å². The van der Waals surface area contributed by atoms with Crippen LogP contribution in [0.15, 0.2) is 47.9 Å². The molecule has 1 amide bonds. The van der Waals surface area contributed by atoms with Crippen molar-refractivity contribution in [1.29, 1.82) is 0 Å². The minimum absolute atomic E-state index is 0.132. The van der Waals surface area contributed by atoms with Crippen molar-refractivity contribution in [3.63, 3.8) is 0 Å². The molecule has 7 heteroatoms. The van der Waals surface area contributed by atoms with Crippen LogP contribution in [0, 0.1) is 13.8 Å². The lowest BCUT2D eigenvalue weighted by Crippen LogP contribution is -2.23. The van der Waals surface area contributed by atoms with E-state index in [2.05, 4.69) is 4.98 Å². The molecule has 4 nitrogen and oxygen atoms in total. The molecule has 0 atom stereocenters. The van der Waals surface area contributed by atoms with Gasteiger partial charge in [0.2, 0.25) is 5.91 Å². The summed E-state index contributed by atoms with van der Waals surface area (Å²) in [5.41, 5.74) is 3.85. The van der Waals surface area contributed by atoms with Gasteiger partial charge in [-0.2, -0.15) is 0 Å². The van der Waals surface area contributed by atoms with Crippen molar-refractivity contribution in [1.82, 2.24) is 4.98 Å². The number of nitrogens with zero attached hydrogens (tertiary/aromatic N) is 2. The zero-order valence-corrected chi connectivity index (χ0v) is 18.4. The van der Waals surface area contributed by atoms with Crippen LogP contribution in [0.1, 0.15) is 34.1 Å². The van der Waals surface area contributed by atoms with Crippen LogP contribution in [-0.2, 0) is 4.79 Å². The largest absolute Gasteiger partial charge is 0.289 e. The normalized spacial score (nSPS) is 11.1. The Bertz CT molecular complexity index is 1120. The lowest BCUT2D eigenvalue weighted by molar-refractivity contribution is -0.115. The van der Waals surface area contributed by atoms with Gasteiger partial charge in [-0.05, 0) is 61.4 Å². The zero-order chi connectivity index (χ0) is 21.1. The number of hydrogen-bond donors (Lipinski definition) is 0. The Morgan fingerprint density at radius 2 is 1.90 bits per heavy atom. The van der Waals surface area contributed by atoms with Gasteiger partial charge in [0.25, 0.3) is 0 Å². The highest BCUT2D eigenvalue weighted by Gasteiger charge is 2.20. The SMILES string of the molecule is CC(=O)N(c1nc(C=CC(=O)c2ccc(Cl)cc2Cl)cs1)c1cccc(C)c1C. The molecule has 0 bridgehead atoms. The molecule has 0 aliphatic rings. The first-order valence-corrected chi connectivity index (χ1v) is 10.4. The first-order chi connectivity index (χ1) is 13.8. The molecule has 2 aromatic carbocycles. The third kappa shape index (κ3) is 4.75. The van der Waals surface area contributed by atoms with E-state index >= 15 is 0 Å². The van der Waals surface area contributed by atoms with Crippen molar-refractivity contribution in [2.24, 2.45) is 0 Å². The molecule has 0 unspecified atom stereocenters. The molecule has 0 saturated heterocycles. The molecule has 1 heterocycles. The van der Waals surface area contributed by atoms with Crippen molar-refractivity contribution in [3.8, 4) is 0 Å². The minimum Gasteiger partial charge on any atom is -0.289 e. The summed E-state index contributed by atoms with van der Waals surface area (Å²) in [6, 6.07) is 10.5. The Balaban J connectivity index is 1.87. The average molecular weight is 445 g/mol. The highest BCUT2D eigenvalue weighted by atomic mass is 35.5. The molecule has 3 aromatic rings. The number of carbonyl (C=O) groups excluding carboxylic acids is 2. The van der Waals surface area contributed by atoms with Crippen LogP contribution in [-0.4, -0.2) is 16.7 Å². The molecule has 29 heavy (non-hydrogen) atoms. The van der Waals surface area contributed by atoms with E-state index in [0.717, 1.165) is 16.8 Å². The Labute approximate surface area is 183 Å². The molecule has 0 N–H and O–H groups in total. The molecule has 0 radical (unpaired) electrons. The monoisotopic (exact) mass is 444 g/mol. The van der Waals surface area contributed by atoms with Crippen molar-refractivity contribution in [2.45, 2.75) is 20.8 Å². The first-order valence-electron chi connectivity index (χ1n) is 8.78. The standard InChI is InChI=1S/C22H18Cl2N2O2S/c1-13-5-4-6-20(14(13)2)26(15(3)27)22-25-17(12-29-22)8-10-21(28)18-9-7-16(23)11-19(18)24/h4-12H,1-3H3. The molecule has 3 rings (SSSR count). The van der Waals surface area contributed by atoms with Gasteiger partial charge in [-0.15, -0.1) is 11.3 Å². The number of thiazole rings is 1. The maximum Gasteiger partial charge on any atom is 0.230 e. The topological polar surface area (TPSA) is 50.3 Å². The number of amides is 1. The molecule has 1 aromatic heterocycles. The third-order valence-electron chi connectivity index (χ3n) is 4.44. The number of aryl methyl sites for hydroxylation is 1. The minimum atomic E-state index is -0.251. The summed E-state index contributed by atoms with van der Waals surface area (Å²) < 4.78 is 0. The number of halogens is 2. The lowest BCUT2D eigenvalue weighted by Gasteiger charge is -2.21.